The summed E-state index contributed by atoms with van der Waals surface area (Å²) in [5.41, 5.74) is -0.0654. The summed E-state index contributed by atoms with van der Waals surface area (Å²) in [7, 11) is 0. The molecule has 0 aromatic heterocycles. The Bertz CT molecular complexity index is 249. The number of hydrogen-bond donors (Lipinski definition) is 1. The van der Waals surface area contributed by atoms with Crippen LogP contribution < -0.4 is 5.32 Å². The van der Waals surface area contributed by atoms with Crippen LogP contribution in [0.5, 0.6) is 0 Å². The number of nitrogens with one attached hydrogen (secondary N) is 1. The van der Waals surface area contributed by atoms with Gasteiger partial charge in [-0.05, 0) is 66.0 Å². The predicted molar refractivity (Wildman–Crippen MR) is 71.0 cm³/mol. The third-order valence-electron chi connectivity index (χ3n) is 4.28. The van der Waals surface area contributed by atoms with Gasteiger partial charge in [0.05, 0.1) is 6.10 Å². The summed E-state index contributed by atoms with van der Waals surface area (Å²) in [5, 5.41) is 3.53. The molecule has 0 aliphatic carbocycles. The molecule has 2 aliphatic rings. The average Bonchev–Trinajstić information content (AvgIpc) is 2.59. The highest BCUT2D eigenvalue weighted by Gasteiger charge is 2.36. The van der Waals surface area contributed by atoms with E-state index in [-0.39, 0.29) is 5.72 Å². The van der Waals surface area contributed by atoms with Crippen LogP contribution in [0.25, 0.3) is 0 Å². The predicted octanol–water partition coefficient (Wildman–Crippen LogP) is 2.22. The molecule has 100 valence electrons. The quantitative estimate of drug-likeness (QED) is 0.818. The molecule has 1 N–H and O–H groups in total. The summed E-state index contributed by atoms with van der Waals surface area (Å²) < 4.78 is 6.00. The van der Waals surface area contributed by atoms with Gasteiger partial charge in [-0.15, -0.1) is 0 Å². The maximum Gasteiger partial charge on any atom is 0.117 e. The van der Waals surface area contributed by atoms with E-state index in [1.807, 2.05) is 0 Å². The van der Waals surface area contributed by atoms with Gasteiger partial charge in [0.15, 0.2) is 0 Å². The van der Waals surface area contributed by atoms with Crippen molar-refractivity contribution in [1.29, 1.82) is 0 Å². The maximum absolute atomic E-state index is 6.00. The third kappa shape index (κ3) is 3.43. The summed E-state index contributed by atoms with van der Waals surface area (Å²) in [6.45, 7) is 12.5. The molecule has 0 amide bonds. The van der Waals surface area contributed by atoms with Crippen molar-refractivity contribution in [3.8, 4) is 0 Å². The zero-order valence-electron chi connectivity index (χ0n) is 11.8. The topological polar surface area (TPSA) is 24.5 Å². The lowest BCUT2D eigenvalue weighted by Crippen LogP contribution is -2.44. The summed E-state index contributed by atoms with van der Waals surface area (Å²) in [4.78, 5) is 2.59. The zero-order chi connectivity index (χ0) is 12.5. The fraction of sp³-hybridized carbons (Fsp3) is 1.00. The highest BCUT2D eigenvalue weighted by molar-refractivity contribution is 4.86. The first-order valence-electron chi connectivity index (χ1n) is 7.15. The second kappa shape index (κ2) is 5.25. The van der Waals surface area contributed by atoms with Gasteiger partial charge in [0, 0.05) is 12.6 Å². The summed E-state index contributed by atoms with van der Waals surface area (Å²) >= 11 is 0. The van der Waals surface area contributed by atoms with E-state index in [1.54, 1.807) is 0 Å². The van der Waals surface area contributed by atoms with E-state index < -0.39 is 0 Å². The lowest BCUT2D eigenvalue weighted by atomic mass is 9.88. The zero-order valence-corrected chi connectivity index (χ0v) is 11.8. The molecule has 0 bridgehead atoms. The van der Waals surface area contributed by atoms with Crippen LogP contribution in [0.1, 0.15) is 47.0 Å². The molecule has 0 aromatic carbocycles. The highest BCUT2D eigenvalue weighted by Crippen LogP contribution is 2.30. The van der Waals surface area contributed by atoms with Crippen LogP contribution in [0.15, 0.2) is 0 Å². The molecule has 3 nitrogen and oxygen atoms in total. The van der Waals surface area contributed by atoms with Crippen molar-refractivity contribution in [2.45, 2.75) is 64.8 Å². The van der Waals surface area contributed by atoms with Gasteiger partial charge in [0.1, 0.15) is 5.72 Å². The molecule has 0 spiro atoms. The smallest absolute Gasteiger partial charge is 0.117 e. The fourth-order valence-electron chi connectivity index (χ4n) is 3.23. The Labute approximate surface area is 106 Å². The largest absolute Gasteiger partial charge is 0.357 e. The van der Waals surface area contributed by atoms with Gasteiger partial charge in [0.2, 0.25) is 0 Å². The van der Waals surface area contributed by atoms with Crippen molar-refractivity contribution in [3.05, 3.63) is 0 Å². The van der Waals surface area contributed by atoms with Crippen molar-refractivity contribution in [1.82, 2.24) is 10.2 Å². The van der Waals surface area contributed by atoms with E-state index in [4.69, 9.17) is 4.74 Å². The van der Waals surface area contributed by atoms with Crippen LogP contribution >= 0.6 is 0 Å². The summed E-state index contributed by atoms with van der Waals surface area (Å²) in [6.07, 6.45) is 4.19. The van der Waals surface area contributed by atoms with Crippen molar-refractivity contribution >= 4 is 0 Å². The number of rotatable bonds is 3. The molecule has 2 rings (SSSR count). The van der Waals surface area contributed by atoms with Crippen molar-refractivity contribution in [2.75, 3.05) is 19.6 Å². The number of likely N-dealkylation sites (tertiary alicyclic amines) is 1. The molecule has 2 unspecified atom stereocenters. The van der Waals surface area contributed by atoms with E-state index in [2.05, 4.69) is 37.9 Å². The van der Waals surface area contributed by atoms with E-state index in [1.165, 1.54) is 32.4 Å². The molecule has 0 radical (unpaired) electrons. The van der Waals surface area contributed by atoms with Crippen molar-refractivity contribution < 1.29 is 4.74 Å². The van der Waals surface area contributed by atoms with Crippen molar-refractivity contribution in [3.63, 3.8) is 0 Å². The lowest BCUT2D eigenvalue weighted by molar-refractivity contribution is -0.0516. The van der Waals surface area contributed by atoms with Gasteiger partial charge < -0.3 is 9.64 Å². The Morgan fingerprint density at radius 1 is 1.35 bits per heavy atom. The Hall–Kier alpha value is -0.120. The second-order valence-electron chi connectivity index (χ2n) is 6.32. The number of ether oxygens (including phenoxy) is 1. The van der Waals surface area contributed by atoms with Gasteiger partial charge in [-0.25, -0.2) is 0 Å². The van der Waals surface area contributed by atoms with Crippen LogP contribution in [-0.4, -0.2) is 42.4 Å². The Morgan fingerprint density at radius 2 is 2.00 bits per heavy atom. The van der Waals surface area contributed by atoms with Crippen molar-refractivity contribution in [2.24, 2.45) is 5.92 Å². The van der Waals surface area contributed by atoms with Crippen LogP contribution in [0.3, 0.4) is 0 Å². The molecule has 17 heavy (non-hydrogen) atoms. The summed E-state index contributed by atoms with van der Waals surface area (Å²) in [5.74, 6) is 0.827. The molecule has 2 aliphatic heterocycles. The molecule has 2 saturated heterocycles. The van der Waals surface area contributed by atoms with Gasteiger partial charge in [0.25, 0.3) is 0 Å². The van der Waals surface area contributed by atoms with Gasteiger partial charge in [-0.3, -0.25) is 5.32 Å². The molecule has 0 saturated carbocycles. The third-order valence-corrected chi connectivity index (χ3v) is 4.28. The minimum atomic E-state index is -0.0654. The molecule has 2 fully saturated rings. The molecular formula is C14H28N2O. The standard InChI is InChI=1S/C14H28N2O/c1-11(2)16-7-5-13(6-8-16)9-14(4)15-10-12(3)17-14/h11-13,15H,5-10H2,1-4H3. The Kier molecular flexibility index (Phi) is 4.11. The van der Waals surface area contributed by atoms with Crippen LogP contribution in [-0.2, 0) is 4.74 Å². The maximum atomic E-state index is 6.00. The van der Waals surface area contributed by atoms with Gasteiger partial charge in [-0.1, -0.05) is 0 Å². The Morgan fingerprint density at radius 3 is 2.47 bits per heavy atom. The SMILES string of the molecule is CC1CNC(C)(CC2CCN(C(C)C)CC2)O1. The first kappa shape index (κ1) is 13.3. The van der Waals surface area contributed by atoms with E-state index in [0.717, 1.165) is 12.5 Å². The molecule has 2 atom stereocenters. The minimum absolute atomic E-state index is 0.0654. The van der Waals surface area contributed by atoms with Crippen LogP contribution in [0.4, 0.5) is 0 Å². The van der Waals surface area contributed by atoms with E-state index in [0.29, 0.717) is 12.1 Å². The average molecular weight is 240 g/mol. The van der Waals surface area contributed by atoms with Crippen LogP contribution in [0, 0.1) is 5.92 Å². The normalized spacial score (nSPS) is 36.9. The van der Waals surface area contributed by atoms with Crippen LogP contribution in [0.2, 0.25) is 0 Å². The molecular weight excluding hydrogens is 212 g/mol. The first-order valence-corrected chi connectivity index (χ1v) is 7.15. The monoisotopic (exact) mass is 240 g/mol. The molecule has 0 aromatic rings. The Balaban J connectivity index is 1.78. The molecule has 2 heterocycles. The molecule has 3 heteroatoms. The summed E-state index contributed by atoms with van der Waals surface area (Å²) in [6, 6.07) is 0.701. The lowest BCUT2D eigenvalue weighted by Gasteiger charge is -2.37. The van der Waals surface area contributed by atoms with Gasteiger partial charge in [-0.2, -0.15) is 0 Å². The van der Waals surface area contributed by atoms with Gasteiger partial charge >= 0.3 is 0 Å². The second-order valence-corrected chi connectivity index (χ2v) is 6.32. The highest BCUT2D eigenvalue weighted by atomic mass is 16.5. The number of piperidine rings is 1. The van der Waals surface area contributed by atoms with E-state index in [9.17, 15) is 0 Å². The minimum Gasteiger partial charge on any atom is -0.357 e. The number of hydrogen-bond acceptors (Lipinski definition) is 3. The first-order chi connectivity index (χ1) is 7.98. The fourth-order valence-corrected chi connectivity index (χ4v) is 3.23. The number of nitrogens with zero attached hydrogens (tertiary/aromatic N) is 1. The van der Waals surface area contributed by atoms with E-state index >= 15 is 0 Å².